The summed E-state index contributed by atoms with van der Waals surface area (Å²) < 4.78 is 15.1. The molecule has 2 heterocycles. The van der Waals surface area contributed by atoms with Crippen LogP contribution in [0, 0.1) is 18.7 Å². The molecular weight excluding hydrogens is 361 g/mol. The van der Waals surface area contributed by atoms with E-state index >= 15 is 0 Å². The van der Waals surface area contributed by atoms with Gasteiger partial charge in [-0.2, -0.15) is 0 Å². The first kappa shape index (κ1) is 20.0. The summed E-state index contributed by atoms with van der Waals surface area (Å²) in [6.07, 6.45) is 1.14. The Balaban J connectivity index is 1.57. The summed E-state index contributed by atoms with van der Waals surface area (Å²) in [4.78, 5) is 26.5. The van der Waals surface area contributed by atoms with Gasteiger partial charge in [-0.05, 0) is 43.5 Å². The molecule has 0 fully saturated rings. The lowest BCUT2D eigenvalue weighted by atomic mass is 10.0. The molecule has 1 N–H and O–H groups in total. The number of hydrogen-bond donors (Lipinski definition) is 1. The van der Waals surface area contributed by atoms with E-state index < -0.39 is 5.82 Å². The Kier molecular flexibility index (Phi) is 6.06. The van der Waals surface area contributed by atoms with Gasteiger partial charge in [0.15, 0.2) is 5.82 Å². The number of amides is 2. The monoisotopic (exact) mass is 387 g/mol. The third-order valence-electron chi connectivity index (χ3n) is 4.89. The molecular formula is C20H26FN5O2. The number of aromatic nitrogens is 3. The number of nitrogens with one attached hydrogen (secondary N) is 1. The van der Waals surface area contributed by atoms with Gasteiger partial charge in [-0.1, -0.05) is 13.8 Å². The minimum Gasteiger partial charge on any atom is -0.352 e. The van der Waals surface area contributed by atoms with Crippen molar-refractivity contribution in [1.29, 1.82) is 0 Å². The van der Waals surface area contributed by atoms with Gasteiger partial charge in [-0.15, -0.1) is 10.2 Å². The average Bonchev–Trinajstić information content (AvgIpc) is 3.03. The van der Waals surface area contributed by atoms with E-state index in [1.165, 1.54) is 24.3 Å². The van der Waals surface area contributed by atoms with Gasteiger partial charge in [0.2, 0.25) is 5.91 Å². The standard InChI is InChI=1S/C20H26FN5O2/c1-13(2)10-17-11-25(12-18-24-23-14(3)26(17)18)19(27)8-9-22-20(28)15-4-6-16(21)7-5-15/h4-7,13,17H,8-12H2,1-3H3,(H,22,28)/t17-/m0/s1. The average molecular weight is 387 g/mol. The highest BCUT2D eigenvalue weighted by atomic mass is 19.1. The Bertz CT molecular complexity index is 847. The molecule has 3 rings (SSSR count). The van der Waals surface area contributed by atoms with Gasteiger partial charge in [0.05, 0.1) is 12.6 Å². The van der Waals surface area contributed by atoms with Crippen LogP contribution in [0.15, 0.2) is 24.3 Å². The minimum atomic E-state index is -0.393. The van der Waals surface area contributed by atoms with Crippen LogP contribution in [0.5, 0.6) is 0 Å². The van der Waals surface area contributed by atoms with Crippen LogP contribution in [0.2, 0.25) is 0 Å². The number of carbonyl (C=O) groups is 2. The molecule has 0 radical (unpaired) electrons. The summed E-state index contributed by atoms with van der Waals surface area (Å²) in [5, 5.41) is 11.1. The highest BCUT2D eigenvalue weighted by Gasteiger charge is 2.30. The first-order chi connectivity index (χ1) is 13.3. The molecule has 7 nitrogen and oxygen atoms in total. The Morgan fingerprint density at radius 1 is 1.25 bits per heavy atom. The van der Waals surface area contributed by atoms with Crippen LogP contribution in [0.4, 0.5) is 4.39 Å². The second kappa shape index (κ2) is 8.50. The molecule has 8 heteroatoms. The lowest BCUT2D eigenvalue weighted by molar-refractivity contribution is -0.133. The van der Waals surface area contributed by atoms with E-state index in [0.717, 1.165) is 18.1 Å². The molecule has 0 aliphatic carbocycles. The zero-order valence-corrected chi connectivity index (χ0v) is 16.5. The fourth-order valence-corrected chi connectivity index (χ4v) is 3.63. The molecule has 2 amide bonds. The molecule has 2 aromatic rings. The number of halogens is 1. The lowest BCUT2D eigenvalue weighted by Gasteiger charge is -2.35. The van der Waals surface area contributed by atoms with Crippen LogP contribution < -0.4 is 5.32 Å². The van der Waals surface area contributed by atoms with Crippen LogP contribution in [-0.2, 0) is 11.3 Å². The van der Waals surface area contributed by atoms with Gasteiger partial charge in [0, 0.05) is 25.1 Å². The van der Waals surface area contributed by atoms with Crippen molar-refractivity contribution in [1.82, 2.24) is 25.0 Å². The largest absolute Gasteiger partial charge is 0.352 e. The highest BCUT2D eigenvalue weighted by Crippen LogP contribution is 2.27. The van der Waals surface area contributed by atoms with Crippen LogP contribution in [0.1, 0.15) is 54.7 Å². The second-order valence-corrected chi connectivity index (χ2v) is 7.60. The zero-order valence-electron chi connectivity index (χ0n) is 16.5. The highest BCUT2D eigenvalue weighted by molar-refractivity contribution is 5.94. The van der Waals surface area contributed by atoms with Crippen molar-refractivity contribution in [2.24, 2.45) is 5.92 Å². The SMILES string of the molecule is Cc1nnc2n1[C@@H](CC(C)C)CN(C(=O)CCNC(=O)c1ccc(F)cc1)C2. The molecule has 0 spiro atoms. The summed E-state index contributed by atoms with van der Waals surface area (Å²) in [5.74, 6) is 1.43. The number of hydrogen-bond acceptors (Lipinski definition) is 4. The van der Waals surface area contributed by atoms with Gasteiger partial charge in [0.25, 0.3) is 5.91 Å². The van der Waals surface area contributed by atoms with E-state index in [-0.39, 0.29) is 30.8 Å². The molecule has 0 saturated heterocycles. The zero-order chi connectivity index (χ0) is 20.3. The van der Waals surface area contributed by atoms with Crippen LogP contribution in [0.3, 0.4) is 0 Å². The number of carbonyl (C=O) groups excluding carboxylic acids is 2. The number of rotatable bonds is 6. The van der Waals surface area contributed by atoms with Crippen molar-refractivity contribution in [2.75, 3.05) is 13.1 Å². The van der Waals surface area contributed by atoms with Crippen molar-refractivity contribution in [2.45, 2.75) is 46.2 Å². The Morgan fingerprint density at radius 2 is 1.96 bits per heavy atom. The normalized spacial score (nSPS) is 16.2. The molecule has 1 aromatic heterocycles. The fourth-order valence-electron chi connectivity index (χ4n) is 3.63. The quantitative estimate of drug-likeness (QED) is 0.826. The number of benzene rings is 1. The van der Waals surface area contributed by atoms with Crippen molar-refractivity contribution >= 4 is 11.8 Å². The fraction of sp³-hybridized carbons (Fsp3) is 0.500. The molecule has 0 unspecified atom stereocenters. The van der Waals surface area contributed by atoms with Crippen molar-refractivity contribution in [3.63, 3.8) is 0 Å². The smallest absolute Gasteiger partial charge is 0.251 e. The predicted molar refractivity (Wildman–Crippen MR) is 102 cm³/mol. The Labute approximate surface area is 163 Å². The first-order valence-corrected chi connectivity index (χ1v) is 9.57. The molecule has 150 valence electrons. The molecule has 0 bridgehead atoms. The summed E-state index contributed by atoms with van der Waals surface area (Å²) in [5.41, 5.74) is 0.368. The maximum Gasteiger partial charge on any atom is 0.251 e. The Hall–Kier alpha value is -2.77. The lowest BCUT2D eigenvalue weighted by Crippen LogP contribution is -2.43. The van der Waals surface area contributed by atoms with E-state index in [9.17, 15) is 14.0 Å². The molecule has 1 aliphatic rings. The van der Waals surface area contributed by atoms with Crippen molar-refractivity contribution in [3.8, 4) is 0 Å². The summed E-state index contributed by atoms with van der Waals surface area (Å²) in [6.45, 7) is 7.53. The summed E-state index contributed by atoms with van der Waals surface area (Å²) in [6, 6.07) is 5.48. The van der Waals surface area contributed by atoms with E-state index in [0.29, 0.717) is 24.6 Å². The first-order valence-electron chi connectivity index (χ1n) is 9.57. The van der Waals surface area contributed by atoms with E-state index in [4.69, 9.17) is 0 Å². The van der Waals surface area contributed by atoms with Crippen LogP contribution >= 0.6 is 0 Å². The van der Waals surface area contributed by atoms with Gasteiger partial charge in [-0.3, -0.25) is 9.59 Å². The topological polar surface area (TPSA) is 80.1 Å². The van der Waals surface area contributed by atoms with Gasteiger partial charge in [0.1, 0.15) is 11.6 Å². The maximum absolute atomic E-state index is 12.9. The molecule has 1 aliphatic heterocycles. The minimum absolute atomic E-state index is 0.0277. The van der Waals surface area contributed by atoms with E-state index in [1.54, 1.807) is 4.90 Å². The third-order valence-corrected chi connectivity index (χ3v) is 4.89. The van der Waals surface area contributed by atoms with E-state index in [2.05, 4.69) is 33.9 Å². The van der Waals surface area contributed by atoms with Gasteiger partial charge < -0.3 is 14.8 Å². The summed E-state index contributed by atoms with van der Waals surface area (Å²) >= 11 is 0. The molecule has 0 saturated carbocycles. The maximum atomic E-state index is 12.9. The summed E-state index contributed by atoms with van der Waals surface area (Å²) in [7, 11) is 0. The van der Waals surface area contributed by atoms with Crippen molar-refractivity contribution < 1.29 is 14.0 Å². The van der Waals surface area contributed by atoms with E-state index in [1.807, 2.05) is 6.92 Å². The van der Waals surface area contributed by atoms with Crippen LogP contribution in [-0.4, -0.2) is 44.6 Å². The predicted octanol–water partition coefficient (Wildman–Crippen LogP) is 2.48. The molecule has 1 aromatic carbocycles. The number of fused-ring (bicyclic) bond motifs is 1. The third kappa shape index (κ3) is 4.55. The van der Waals surface area contributed by atoms with Gasteiger partial charge in [-0.25, -0.2) is 4.39 Å². The van der Waals surface area contributed by atoms with Gasteiger partial charge >= 0.3 is 0 Å². The van der Waals surface area contributed by atoms with Crippen molar-refractivity contribution in [3.05, 3.63) is 47.3 Å². The second-order valence-electron chi connectivity index (χ2n) is 7.60. The molecule has 28 heavy (non-hydrogen) atoms. The molecule has 1 atom stereocenters. The number of nitrogens with zero attached hydrogens (tertiary/aromatic N) is 4. The van der Waals surface area contributed by atoms with Crippen LogP contribution in [0.25, 0.3) is 0 Å². The number of aryl methyl sites for hydroxylation is 1. The Morgan fingerprint density at radius 3 is 2.64 bits per heavy atom.